The summed E-state index contributed by atoms with van der Waals surface area (Å²) in [6, 6.07) is -1.07. The van der Waals surface area contributed by atoms with Gasteiger partial charge in [-0.2, -0.15) is 0 Å². The summed E-state index contributed by atoms with van der Waals surface area (Å²) in [7, 11) is 0. The highest BCUT2D eigenvalue weighted by Gasteiger charge is 2.12. The first-order valence-corrected chi connectivity index (χ1v) is 3.30. The maximum Gasteiger partial charge on any atom is 0.305 e. The number of rotatable bonds is 3. The number of aliphatic carboxylic acids is 1. The van der Waals surface area contributed by atoms with E-state index in [9.17, 15) is 9.59 Å². The van der Waals surface area contributed by atoms with Gasteiger partial charge in [0.15, 0.2) is 0 Å². The molecule has 0 aliphatic heterocycles. The quantitative estimate of drug-likeness (QED) is 0.510. The molecule has 0 radical (unpaired) electrons. The summed E-state index contributed by atoms with van der Waals surface area (Å²) in [5.41, 5.74) is 9.62. The standard InChI is InChI=1S/C4H8N2O3.C2H6/c5-2(4(6)9)1-3(7)8;1-2/h2H,1,5H2,(H2,6,9)(H,7,8);1-2H3. The Hall–Kier alpha value is -1.10. The van der Waals surface area contributed by atoms with Crippen LogP contribution < -0.4 is 11.5 Å². The second-order valence-electron chi connectivity index (χ2n) is 1.61. The van der Waals surface area contributed by atoms with E-state index in [1.165, 1.54) is 0 Å². The molecule has 5 nitrogen and oxygen atoms in total. The molecule has 0 rings (SSSR count). The predicted molar refractivity (Wildman–Crippen MR) is 40.8 cm³/mol. The van der Waals surface area contributed by atoms with Gasteiger partial charge in [0.25, 0.3) is 0 Å². The first kappa shape index (κ1) is 12.6. The summed E-state index contributed by atoms with van der Waals surface area (Å²) in [4.78, 5) is 19.9. The minimum absolute atomic E-state index is 0.407. The van der Waals surface area contributed by atoms with Gasteiger partial charge in [0.05, 0.1) is 12.5 Å². The van der Waals surface area contributed by atoms with E-state index >= 15 is 0 Å². The SMILES string of the molecule is CC.NC(=O)C(N)CC(=O)O. The van der Waals surface area contributed by atoms with Crippen LogP contribution in [0, 0.1) is 0 Å². The molecule has 1 atom stereocenters. The topological polar surface area (TPSA) is 106 Å². The van der Waals surface area contributed by atoms with E-state index < -0.39 is 24.3 Å². The molecule has 5 heteroatoms. The van der Waals surface area contributed by atoms with E-state index in [1.54, 1.807) is 0 Å². The van der Waals surface area contributed by atoms with Crippen LogP contribution >= 0.6 is 0 Å². The van der Waals surface area contributed by atoms with Crippen LogP contribution in [0.5, 0.6) is 0 Å². The van der Waals surface area contributed by atoms with Crippen molar-refractivity contribution in [3.63, 3.8) is 0 Å². The van der Waals surface area contributed by atoms with E-state index in [4.69, 9.17) is 10.8 Å². The average Bonchev–Trinajstić information content (AvgIpc) is 1.90. The second-order valence-corrected chi connectivity index (χ2v) is 1.61. The van der Waals surface area contributed by atoms with Crippen molar-refractivity contribution in [2.45, 2.75) is 26.3 Å². The molecule has 0 fully saturated rings. The molecule has 0 aliphatic carbocycles. The Kier molecular flexibility index (Phi) is 8.01. The van der Waals surface area contributed by atoms with E-state index in [0.717, 1.165) is 0 Å². The summed E-state index contributed by atoms with van der Waals surface area (Å²) >= 11 is 0. The largest absolute Gasteiger partial charge is 0.481 e. The zero-order chi connectivity index (χ0) is 9.44. The van der Waals surface area contributed by atoms with Crippen molar-refractivity contribution in [1.29, 1.82) is 0 Å². The third-order valence-corrected chi connectivity index (χ3v) is 0.760. The van der Waals surface area contributed by atoms with Gasteiger partial charge in [0.2, 0.25) is 5.91 Å². The number of hydrogen-bond acceptors (Lipinski definition) is 3. The van der Waals surface area contributed by atoms with E-state index in [-0.39, 0.29) is 0 Å². The molecule has 1 unspecified atom stereocenters. The molecule has 0 spiro atoms. The van der Waals surface area contributed by atoms with Gasteiger partial charge in [-0.05, 0) is 0 Å². The van der Waals surface area contributed by atoms with Crippen LogP contribution in [0.2, 0.25) is 0 Å². The van der Waals surface area contributed by atoms with Gasteiger partial charge >= 0.3 is 5.97 Å². The number of amides is 1. The van der Waals surface area contributed by atoms with Crippen LogP contribution in [0.1, 0.15) is 20.3 Å². The lowest BCUT2D eigenvalue weighted by Crippen LogP contribution is -2.38. The molecular weight excluding hydrogens is 148 g/mol. The molecule has 1 amide bonds. The van der Waals surface area contributed by atoms with Crippen LogP contribution in [0.4, 0.5) is 0 Å². The second kappa shape index (κ2) is 7.01. The molecule has 66 valence electrons. The number of hydrogen-bond donors (Lipinski definition) is 3. The van der Waals surface area contributed by atoms with Crippen molar-refractivity contribution in [2.24, 2.45) is 11.5 Å². The highest BCUT2D eigenvalue weighted by Crippen LogP contribution is 1.84. The summed E-state index contributed by atoms with van der Waals surface area (Å²) < 4.78 is 0. The van der Waals surface area contributed by atoms with Crippen LogP contribution in [-0.4, -0.2) is 23.0 Å². The number of carboxylic acids is 1. The molecule has 0 aromatic carbocycles. The van der Waals surface area contributed by atoms with Crippen molar-refractivity contribution >= 4 is 11.9 Å². The normalized spacial score (nSPS) is 10.8. The van der Waals surface area contributed by atoms with Crippen LogP contribution in [0.3, 0.4) is 0 Å². The molecule has 5 N–H and O–H groups in total. The van der Waals surface area contributed by atoms with Gasteiger partial charge < -0.3 is 16.6 Å². The third kappa shape index (κ3) is 8.90. The molecule has 11 heavy (non-hydrogen) atoms. The molecule has 0 bridgehead atoms. The fourth-order valence-corrected chi connectivity index (χ4v) is 0.289. The van der Waals surface area contributed by atoms with Gasteiger partial charge in [-0.1, -0.05) is 13.8 Å². The summed E-state index contributed by atoms with van der Waals surface area (Å²) in [5, 5.41) is 8.04. The first-order chi connectivity index (χ1) is 5.04. The fourth-order valence-electron chi connectivity index (χ4n) is 0.289. The van der Waals surface area contributed by atoms with E-state index in [2.05, 4.69) is 5.73 Å². The first-order valence-electron chi connectivity index (χ1n) is 3.30. The van der Waals surface area contributed by atoms with Crippen molar-refractivity contribution in [3.8, 4) is 0 Å². The lowest BCUT2D eigenvalue weighted by atomic mass is 10.2. The average molecular weight is 162 g/mol. The number of carbonyl (C=O) groups is 2. The lowest BCUT2D eigenvalue weighted by molar-refractivity contribution is -0.139. The zero-order valence-corrected chi connectivity index (χ0v) is 6.70. The van der Waals surface area contributed by atoms with Crippen LogP contribution in [0.25, 0.3) is 0 Å². The maximum atomic E-state index is 10.1. The Balaban J connectivity index is 0. The minimum atomic E-state index is -1.12. The summed E-state index contributed by atoms with van der Waals surface area (Å²) in [6.45, 7) is 4.00. The smallest absolute Gasteiger partial charge is 0.305 e. The minimum Gasteiger partial charge on any atom is -0.481 e. The number of carboxylic acid groups (broad SMARTS) is 1. The number of primary amides is 1. The summed E-state index contributed by atoms with van der Waals surface area (Å²) in [5.74, 6) is -1.92. The van der Waals surface area contributed by atoms with Crippen LogP contribution in [-0.2, 0) is 9.59 Å². The van der Waals surface area contributed by atoms with Gasteiger partial charge in [-0.15, -0.1) is 0 Å². The van der Waals surface area contributed by atoms with E-state index in [1.807, 2.05) is 13.8 Å². The van der Waals surface area contributed by atoms with Crippen LogP contribution in [0.15, 0.2) is 0 Å². The van der Waals surface area contributed by atoms with Gasteiger partial charge in [0, 0.05) is 0 Å². The molecule has 0 heterocycles. The molecule has 0 aliphatic rings. The number of nitrogens with two attached hydrogens (primary N) is 2. The maximum absolute atomic E-state index is 10.1. The summed E-state index contributed by atoms with van der Waals surface area (Å²) in [6.07, 6.45) is -0.407. The van der Waals surface area contributed by atoms with Gasteiger partial charge in [0.1, 0.15) is 0 Å². The highest BCUT2D eigenvalue weighted by molar-refractivity contribution is 5.84. The fraction of sp³-hybridized carbons (Fsp3) is 0.667. The van der Waals surface area contributed by atoms with E-state index in [0.29, 0.717) is 0 Å². The van der Waals surface area contributed by atoms with Crippen molar-refractivity contribution in [2.75, 3.05) is 0 Å². The Morgan fingerprint density at radius 1 is 1.45 bits per heavy atom. The third-order valence-electron chi connectivity index (χ3n) is 0.760. The predicted octanol–water partition coefficient (Wildman–Crippen LogP) is -0.700. The van der Waals surface area contributed by atoms with Crippen molar-refractivity contribution in [3.05, 3.63) is 0 Å². The molecular formula is C6H14N2O3. The molecule has 0 saturated heterocycles. The molecule has 0 aromatic heterocycles. The Morgan fingerprint density at radius 3 is 1.91 bits per heavy atom. The monoisotopic (exact) mass is 162 g/mol. The Morgan fingerprint density at radius 2 is 1.82 bits per heavy atom. The van der Waals surface area contributed by atoms with Gasteiger partial charge in [-0.25, -0.2) is 0 Å². The highest BCUT2D eigenvalue weighted by atomic mass is 16.4. The number of carbonyl (C=O) groups excluding carboxylic acids is 1. The molecule has 0 aromatic rings. The lowest BCUT2D eigenvalue weighted by Gasteiger charge is -2.00. The Bertz CT molecular complexity index is 136. The Labute approximate surface area is 65.4 Å². The zero-order valence-electron chi connectivity index (χ0n) is 6.70. The molecule has 0 saturated carbocycles. The van der Waals surface area contributed by atoms with Crippen molar-refractivity contribution < 1.29 is 14.7 Å². The van der Waals surface area contributed by atoms with Crippen molar-refractivity contribution in [1.82, 2.24) is 0 Å². The van der Waals surface area contributed by atoms with Gasteiger partial charge in [-0.3, -0.25) is 9.59 Å².